The van der Waals surface area contributed by atoms with Crippen LogP contribution < -0.4 is 10.2 Å². The Labute approximate surface area is 144 Å². The zero-order chi connectivity index (χ0) is 16.6. The molecule has 0 bridgehead atoms. The van der Waals surface area contributed by atoms with Crippen molar-refractivity contribution in [2.24, 2.45) is 0 Å². The van der Waals surface area contributed by atoms with Crippen LogP contribution in [0.15, 0.2) is 60.8 Å². The van der Waals surface area contributed by atoms with Gasteiger partial charge in [-0.3, -0.25) is 5.10 Å². The number of aromatic amines is 1. The van der Waals surface area contributed by atoms with Crippen LogP contribution in [0, 0.1) is 6.92 Å². The highest BCUT2D eigenvalue weighted by atomic mass is 15.2. The number of nitrogens with zero attached hydrogens (tertiary/aromatic N) is 2. The van der Waals surface area contributed by atoms with E-state index in [-0.39, 0.29) is 0 Å². The van der Waals surface area contributed by atoms with Crippen molar-refractivity contribution >= 4 is 5.69 Å². The van der Waals surface area contributed by atoms with E-state index in [2.05, 4.69) is 68.9 Å². The van der Waals surface area contributed by atoms with E-state index >= 15 is 0 Å². The van der Waals surface area contributed by atoms with E-state index < -0.39 is 0 Å². The van der Waals surface area contributed by atoms with Gasteiger partial charge in [0.1, 0.15) is 0 Å². The highest BCUT2D eigenvalue weighted by Gasteiger charge is 2.21. The van der Waals surface area contributed by atoms with Crippen LogP contribution in [0.1, 0.15) is 17.7 Å². The summed E-state index contributed by atoms with van der Waals surface area (Å²) in [5.74, 6) is 0. The van der Waals surface area contributed by atoms with Crippen LogP contribution in [-0.4, -0.2) is 35.9 Å². The third kappa shape index (κ3) is 4.59. The second-order valence-corrected chi connectivity index (χ2v) is 6.27. The maximum absolute atomic E-state index is 4.15. The van der Waals surface area contributed by atoms with Gasteiger partial charge in [0.25, 0.3) is 0 Å². The van der Waals surface area contributed by atoms with Gasteiger partial charge in [0, 0.05) is 43.3 Å². The van der Waals surface area contributed by atoms with Crippen LogP contribution in [0.25, 0.3) is 0 Å². The number of benzene rings is 1. The van der Waals surface area contributed by atoms with Crippen molar-refractivity contribution in [2.75, 3.05) is 24.5 Å². The molecular formula is C20H26N4. The largest absolute Gasteiger partial charge is 0.366 e. The first-order valence-corrected chi connectivity index (χ1v) is 8.68. The van der Waals surface area contributed by atoms with Gasteiger partial charge in [-0.15, -0.1) is 0 Å². The molecule has 126 valence electrons. The van der Waals surface area contributed by atoms with Gasteiger partial charge in [0.15, 0.2) is 0 Å². The molecule has 2 aromatic rings. The normalized spacial score (nSPS) is 17.4. The van der Waals surface area contributed by atoms with Gasteiger partial charge in [-0.1, -0.05) is 30.3 Å². The number of hydrogen-bond donors (Lipinski definition) is 2. The van der Waals surface area contributed by atoms with E-state index in [0.29, 0.717) is 6.04 Å². The van der Waals surface area contributed by atoms with Crippen LogP contribution in [0.3, 0.4) is 0 Å². The minimum Gasteiger partial charge on any atom is -0.366 e. The number of H-pyrrole nitrogens is 1. The van der Waals surface area contributed by atoms with E-state index in [9.17, 15) is 0 Å². The average molecular weight is 322 g/mol. The molecular weight excluding hydrogens is 296 g/mol. The Hall–Kier alpha value is -2.33. The van der Waals surface area contributed by atoms with Gasteiger partial charge in [-0.25, -0.2) is 0 Å². The van der Waals surface area contributed by atoms with E-state index in [1.165, 1.54) is 11.3 Å². The van der Waals surface area contributed by atoms with Gasteiger partial charge >= 0.3 is 0 Å². The number of hydrogen-bond acceptors (Lipinski definition) is 3. The van der Waals surface area contributed by atoms with Crippen LogP contribution in [-0.2, 0) is 6.42 Å². The van der Waals surface area contributed by atoms with E-state index in [0.717, 1.165) is 38.2 Å². The summed E-state index contributed by atoms with van der Waals surface area (Å²) in [6, 6.07) is 19.7. The fourth-order valence-electron chi connectivity index (χ4n) is 3.16. The van der Waals surface area contributed by atoms with Crippen molar-refractivity contribution in [3.63, 3.8) is 0 Å². The summed E-state index contributed by atoms with van der Waals surface area (Å²) in [4.78, 5) is 2.53. The van der Waals surface area contributed by atoms with Crippen LogP contribution >= 0.6 is 0 Å². The number of rotatable bonds is 4. The van der Waals surface area contributed by atoms with Gasteiger partial charge in [-0.05, 0) is 49.6 Å². The summed E-state index contributed by atoms with van der Waals surface area (Å²) in [6.45, 7) is 5.13. The molecule has 2 heterocycles. The molecule has 1 saturated heterocycles. The van der Waals surface area contributed by atoms with Gasteiger partial charge in [-0.2, -0.15) is 5.10 Å². The molecule has 4 heteroatoms. The SMILES string of the molecule is Cc1ccc(N2CCNC[C@@H]2CCc2ccccc2)cccn[nH]1. The highest BCUT2D eigenvalue weighted by molar-refractivity contribution is 5.46. The predicted octanol–water partition coefficient (Wildman–Crippen LogP) is 3.25. The fourth-order valence-corrected chi connectivity index (χ4v) is 3.16. The Morgan fingerprint density at radius 3 is 2.83 bits per heavy atom. The van der Waals surface area contributed by atoms with E-state index in [1.54, 1.807) is 6.20 Å². The zero-order valence-electron chi connectivity index (χ0n) is 14.3. The topological polar surface area (TPSA) is 44.0 Å². The molecule has 0 radical (unpaired) electrons. The molecule has 1 aromatic heterocycles. The molecule has 24 heavy (non-hydrogen) atoms. The number of nitrogens with one attached hydrogen (secondary N) is 2. The quantitative estimate of drug-likeness (QED) is 0.908. The second-order valence-electron chi connectivity index (χ2n) is 6.27. The van der Waals surface area contributed by atoms with Crippen LogP contribution in [0.4, 0.5) is 5.69 Å². The Morgan fingerprint density at radius 2 is 1.96 bits per heavy atom. The van der Waals surface area contributed by atoms with Gasteiger partial charge in [0.05, 0.1) is 0 Å². The molecule has 3 rings (SSSR count). The summed E-state index contributed by atoms with van der Waals surface area (Å²) in [6.07, 6.45) is 4.06. The van der Waals surface area contributed by atoms with Crippen molar-refractivity contribution in [1.29, 1.82) is 0 Å². The maximum Gasteiger partial charge on any atom is 0.0472 e. The number of aromatic nitrogens is 2. The first-order valence-electron chi connectivity index (χ1n) is 8.68. The molecule has 0 saturated carbocycles. The number of aryl methyl sites for hydroxylation is 2. The molecule has 2 N–H and O–H groups in total. The molecule has 1 atom stereocenters. The maximum atomic E-state index is 4.15. The molecule has 0 amide bonds. The second kappa shape index (κ2) is 8.50. The first-order chi connectivity index (χ1) is 11.8. The van der Waals surface area contributed by atoms with Crippen molar-refractivity contribution in [3.8, 4) is 0 Å². The fraction of sp³-hybridized carbons (Fsp3) is 0.350. The molecule has 1 aromatic carbocycles. The Morgan fingerprint density at radius 1 is 1.08 bits per heavy atom. The summed E-state index contributed by atoms with van der Waals surface area (Å²) in [7, 11) is 0. The minimum absolute atomic E-state index is 0.509. The van der Waals surface area contributed by atoms with Crippen LogP contribution in [0.2, 0.25) is 0 Å². The van der Waals surface area contributed by atoms with Crippen molar-refractivity contribution in [1.82, 2.24) is 15.5 Å². The highest BCUT2D eigenvalue weighted by Crippen LogP contribution is 2.20. The first kappa shape index (κ1) is 16.5. The molecule has 0 spiro atoms. The Bertz CT molecular complexity index is 679. The summed E-state index contributed by atoms with van der Waals surface area (Å²) in [5, 5.41) is 10.7. The van der Waals surface area contributed by atoms with Gasteiger partial charge in [0.2, 0.25) is 0 Å². The summed E-state index contributed by atoms with van der Waals surface area (Å²) in [5.41, 5.74) is 3.71. The lowest BCUT2D eigenvalue weighted by Gasteiger charge is -2.38. The molecule has 1 aliphatic rings. The average Bonchev–Trinajstić information content (AvgIpc) is 2.73. The van der Waals surface area contributed by atoms with E-state index in [4.69, 9.17) is 0 Å². The third-order valence-corrected chi connectivity index (χ3v) is 4.46. The molecule has 0 aliphatic carbocycles. The number of anilines is 1. The van der Waals surface area contributed by atoms with Crippen molar-refractivity contribution in [3.05, 3.63) is 72.1 Å². The predicted molar refractivity (Wildman–Crippen MR) is 99.7 cm³/mol. The standard InChI is InChI=1S/C20H26N4/c1-17-9-11-19(8-5-13-22-23-17)24-15-14-21-16-20(24)12-10-18-6-3-2-4-7-18/h2-9,11,13,20-21,23H,10,12,14-16H2,1H3/t20-/m0/s1. The summed E-state index contributed by atoms with van der Waals surface area (Å²) < 4.78 is 0. The van der Waals surface area contributed by atoms with Crippen LogP contribution in [0.5, 0.6) is 0 Å². The summed E-state index contributed by atoms with van der Waals surface area (Å²) >= 11 is 0. The monoisotopic (exact) mass is 322 g/mol. The van der Waals surface area contributed by atoms with E-state index in [1.807, 2.05) is 13.0 Å². The molecule has 1 aliphatic heterocycles. The molecule has 1 fully saturated rings. The van der Waals surface area contributed by atoms with Crippen molar-refractivity contribution < 1.29 is 0 Å². The van der Waals surface area contributed by atoms with Gasteiger partial charge < -0.3 is 10.2 Å². The Balaban J connectivity index is 1.78. The lowest BCUT2D eigenvalue weighted by Crippen LogP contribution is -2.51. The molecule has 4 nitrogen and oxygen atoms in total. The lowest BCUT2D eigenvalue weighted by atomic mass is 10.0. The molecule has 0 unspecified atom stereocenters. The number of piperazine rings is 1. The minimum atomic E-state index is 0.509. The third-order valence-electron chi connectivity index (χ3n) is 4.46. The smallest absolute Gasteiger partial charge is 0.0472 e. The Kier molecular flexibility index (Phi) is 5.85. The lowest BCUT2D eigenvalue weighted by molar-refractivity contribution is 0.454. The zero-order valence-corrected chi connectivity index (χ0v) is 14.3. The van der Waals surface area contributed by atoms with Crippen molar-refractivity contribution in [2.45, 2.75) is 25.8 Å².